The molecule has 2 unspecified atom stereocenters. The van der Waals surface area contributed by atoms with Crippen LogP contribution in [0.25, 0.3) is 6.08 Å². The first kappa shape index (κ1) is 22.7. The zero-order valence-corrected chi connectivity index (χ0v) is 17.8. The number of nitro groups is 1. The molecule has 0 radical (unpaired) electrons. The van der Waals surface area contributed by atoms with E-state index < -0.39 is 11.5 Å². The zero-order chi connectivity index (χ0) is 22.3. The minimum absolute atomic E-state index is 0.178. The Morgan fingerprint density at radius 3 is 2.81 bits per heavy atom. The van der Waals surface area contributed by atoms with E-state index in [1.807, 2.05) is 59.5 Å². The molecule has 7 nitrogen and oxygen atoms in total. The molecule has 0 saturated carbocycles. The van der Waals surface area contributed by atoms with E-state index in [9.17, 15) is 14.9 Å². The molecule has 1 N–H and O–H groups in total. The lowest BCUT2D eigenvalue weighted by Crippen LogP contribution is -2.64. The van der Waals surface area contributed by atoms with Gasteiger partial charge in [-0.05, 0) is 24.1 Å². The van der Waals surface area contributed by atoms with Gasteiger partial charge in [-0.25, -0.2) is 4.79 Å². The monoisotopic (exact) mass is 423 g/mol. The normalized spacial score (nSPS) is 24.0. The van der Waals surface area contributed by atoms with Crippen LogP contribution in [0.15, 0.2) is 72.4 Å². The molecule has 0 amide bonds. The van der Waals surface area contributed by atoms with Crippen LogP contribution in [0.3, 0.4) is 0 Å². The van der Waals surface area contributed by atoms with Gasteiger partial charge in [-0.1, -0.05) is 61.2 Å². The highest BCUT2D eigenvalue weighted by Gasteiger charge is 2.51. The van der Waals surface area contributed by atoms with Crippen molar-refractivity contribution in [2.24, 2.45) is 0 Å². The van der Waals surface area contributed by atoms with Gasteiger partial charge in [-0.2, -0.15) is 0 Å². The summed E-state index contributed by atoms with van der Waals surface area (Å²) < 4.78 is 5.22. The Labute approximate surface area is 182 Å². The van der Waals surface area contributed by atoms with E-state index in [4.69, 9.17) is 4.74 Å². The summed E-state index contributed by atoms with van der Waals surface area (Å²) >= 11 is 0. The number of allylic oxidation sites excluding steroid dienone is 3. The van der Waals surface area contributed by atoms with E-state index in [1.165, 1.54) is 0 Å². The standard InChI is InChI=1S/C24H29N3O4/c1-19(2)23(28)31-17-16-26-15-14-25-18-22(26)24(27(29)30)12-10-21(11-13-24)9-8-20-6-4-3-5-7-20/h3-12,22,25H,1,13-18H2,2H3. The van der Waals surface area contributed by atoms with Crippen molar-refractivity contribution in [1.82, 2.24) is 10.2 Å². The summed E-state index contributed by atoms with van der Waals surface area (Å²) in [5, 5.41) is 15.5. The minimum Gasteiger partial charge on any atom is -0.461 e. The van der Waals surface area contributed by atoms with Crippen LogP contribution in [0.4, 0.5) is 0 Å². The molecule has 1 heterocycles. The Hall–Kier alpha value is -3.03. The summed E-state index contributed by atoms with van der Waals surface area (Å²) in [4.78, 5) is 25.8. The van der Waals surface area contributed by atoms with Crippen LogP contribution in [0.5, 0.6) is 0 Å². The number of nitrogens with one attached hydrogen (secondary N) is 1. The molecule has 2 atom stereocenters. The lowest BCUT2D eigenvalue weighted by molar-refractivity contribution is -0.563. The topological polar surface area (TPSA) is 84.7 Å². The smallest absolute Gasteiger partial charge is 0.333 e. The van der Waals surface area contributed by atoms with Gasteiger partial charge in [-0.3, -0.25) is 15.0 Å². The predicted molar refractivity (Wildman–Crippen MR) is 121 cm³/mol. The van der Waals surface area contributed by atoms with Crippen LogP contribution in [-0.2, 0) is 9.53 Å². The summed E-state index contributed by atoms with van der Waals surface area (Å²) in [6.45, 7) is 7.70. The summed E-state index contributed by atoms with van der Waals surface area (Å²) in [5.41, 5.74) is 1.15. The molecule has 1 aliphatic carbocycles. The number of hydrogen-bond acceptors (Lipinski definition) is 6. The average molecular weight is 424 g/mol. The fourth-order valence-electron chi connectivity index (χ4n) is 3.93. The van der Waals surface area contributed by atoms with Crippen molar-refractivity contribution in [3.05, 3.63) is 88.0 Å². The number of benzene rings is 1. The van der Waals surface area contributed by atoms with Crippen LogP contribution in [0.1, 0.15) is 18.9 Å². The molecule has 2 aliphatic rings. The number of ether oxygens (including phenoxy) is 1. The van der Waals surface area contributed by atoms with Gasteiger partial charge in [0.15, 0.2) is 0 Å². The second-order valence-corrected chi connectivity index (χ2v) is 7.91. The molecule has 1 aromatic carbocycles. The molecule has 7 heteroatoms. The Kier molecular flexibility index (Phi) is 7.55. The van der Waals surface area contributed by atoms with Crippen molar-refractivity contribution in [2.75, 3.05) is 32.8 Å². The summed E-state index contributed by atoms with van der Waals surface area (Å²) in [5.74, 6) is -0.439. The van der Waals surface area contributed by atoms with Gasteiger partial charge < -0.3 is 10.1 Å². The average Bonchev–Trinajstić information content (AvgIpc) is 2.79. The number of hydrogen-bond donors (Lipinski definition) is 1. The second-order valence-electron chi connectivity index (χ2n) is 7.91. The van der Waals surface area contributed by atoms with Crippen LogP contribution in [0.2, 0.25) is 0 Å². The Morgan fingerprint density at radius 1 is 1.39 bits per heavy atom. The van der Waals surface area contributed by atoms with Crippen LogP contribution >= 0.6 is 0 Å². The Balaban J connectivity index is 1.71. The first-order valence-electron chi connectivity index (χ1n) is 10.5. The van der Waals surface area contributed by atoms with Crippen molar-refractivity contribution in [2.45, 2.75) is 24.9 Å². The molecule has 0 bridgehead atoms. The predicted octanol–water partition coefficient (Wildman–Crippen LogP) is 2.99. The van der Waals surface area contributed by atoms with Crippen molar-refractivity contribution in [3.63, 3.8) is 0 Å². The number of carbonyl (C=O) groups is 1. The van der Waals surface area contributed by atoms with E-state index >= 15 is 0 Å². The van der Waals surface area contributed by atoms with E-state index in [-0.39, 0.29) is 17.6 Å². The molecule has 1 fully saturated rings. The van der Waals surface area contributed by atoms with Gasteiger partial charge in [-0.15, -0.1) is 0 Å². The fourth-order valence-corrected chi connectivity index (χ4v) is 3.93. The first-order valence-corrected chi connectivity index (χ1v) is 10.5. The largest absolute Gasteiger partial charge is 0.461 e. The van der Waals surface area contributed by atoms with Crippen molar-refractivity contribution >= 4 is 12.0 Å². The van der Waals surface area contributed by atoms with E-state index in [1.54, 1.807) is 13.0 Å². The highest BCUT2D eigenvalue weighted by molar-refractivity contribution is 5.86. The van der Waals surface area contributed by atoms with Crippen molar-refractivity contribution in [3.8, 4) is 0 Å². The molecule has 1 aromatic rings. The molecule has 3 rings (SSSR count). The van der Waals surface area contributed by atoms with Gasteiger partial charge in [0.2, 0.25) is 0 Å². The van der Waals surface area contributed by atoms with E-state index in [0.717, 1.165) is 17.7 Å². The lowest BCUT2D eigenvalue weighted by atomic mass is 9.80. The van der Waals surface area contributed by atoms with Gasteiger partial charge in [0.05, 0.1) is 6.04 Å². The number of nitrogens with zero attached hydrogens (tertiary/aromatic N) is 2. The minimum atomic E-state index is -1.23. The Morgan fingerprint density at radius 2 is 2.16 bits per heavy atom. The summed E-state index contributed by atoms with van der Waals surface area (Å²) in [7, 11) is 0. The third-order valence-electron chi connectivity index (χ3n) is 5.73. The molecule has 31 heavy (non-hydrogen) atoms. The molecule has 0 aromatic heterocycles. The molecule has 1 saturated heterocycles. The van der Waals surface area contributed by atoms with Crippen molar-refractivity contribution in [1.29, 1.82) is 0 Å². The fraction of sp³-hybridized carbons (Fsp3) is 0.375. The van der Waals surface area contributed by atoms with E-state index in [0.29, 0.717) is 31.6 Å². The van der Waals surface area contributed by atoms with E-state index in [2.05, 4.69) is 11.9 Å². The van der Waals surface area contributed by atoms with Gasteiger partial charge in [0.25, 0.3) is 5.54 Å². The molecular formula is C24H29N3O4. The number of piperazine rings is 1. The third kappa shape index (κ3) is 5.57. The van der Waals surface area contributed by atoms with Gasteiger partial charge in [0, 0.05) is 43.1 Å². The summed E-state index contributed by atoms with van der Waals surface area (Å²) in [6, 6.07) is 9.59. The zero-order valence-electron chi connectivity index (χ0n) is 17.8. The van der Waals surface area contributed by atoms with Crippen LogP contribution < -0.4 is 5.32 Å². The third-order valence-corrected chi connectivity index (χ3v) is 5.73. The number of rotatable bonds is 8. The highest BCUT2D eigenvalue weighted by Crippen LogP contribution is 2.32. The first-order chi connectivity index (χ1) is 14.9. The maximum Gasteiger partial charge on any atom is 0.333 e. The number of carbonyl (C=O) groups excluding carboxylic acids is 1. The second kappa shape index (κ2) is 10.3. The molecule has 0 spiro atoms. The maximum absolute atomic E-state index is 12.2. The quantitative estimate of drug-likeness (QED) is 0.299. The highest BCUT2D eigenvalue weighted by atomic mass is 16.6. The van der Waals surface area contributed by atoms with Crippen molar-refractivity contribution < 1.29 is 14.5 Å². The lowest BCUT2D eigenvalue weighted by Gasteiger charge is -2.42. The Bertz CT molecular complexity index is 907. The molecule has 164 valence electrons. The maximum atomic E-state index is 12.2. The molecular weight excluding hydrogens is 394 g/mol. The summed E-state index contributed by atoms with van der Waals surface area (Å²) in [6.07, 6.45) is 9.76. The number of esters is 1. The molecule has 1 aliphatic heterocycles. The SMILES string of the molecule is C=C(C)C(=O)OCCN1CCNCC1C1([N+](=O)[O-])C=CC(C=Cc2ccccc2)=CC1. The van der Waals surface area contributed by atoms with Gasteiger partial charge in [0.1, 0.15) is 6.61 Å². The van der Waals surface area contributed by atoms with Crippen LogP contribution in [-0.4, -0.2) is 60.2 Å². The van der Waals surface area contributed by atoms with Crippen LogP contribution in [0, 0.1) is 10.1 Å². The van der Waals surface area contributed by atoms with Gasteiger partial charge >= 0.3 is 5.97 Å².